The van der Waals surface area contributed by atoms with Gasteiger partial charge in [-0.3, -0.25) is 0 Å². The summed E-state index contributed by atoms with van der Waals surface area (Å²) in [5, 5.41) is 0. The average Bonchev–Trinajstić information content (AvgIpc) is 2.75. The van der Waals surface area contributed by atoms with Crippen LogP contribution in [-0.4, -0.2) is 25.5 Å². The highest BCUT2D eigenvalue weighted by atomic mass is 35.5. The van der Waals surface area contributed by atoms with E-state index in [1.165, 1.54) is 38.6 Å². The Bertz CT molecular complexity index is 476. The molecule has 0 aliphatic heterocycles. The van der Waals surface area contributed by atoms with Gasteiger partial charge in [-0.1, -0.05) is 29.8 Å². The summed E-state index contributed by atoms with van der Waals surface area (Å²) in [6, 6.07) is 9.02. The average molecular weight is 278 g/mol. The van der Waals surface area contributed by atoms with Crippen molar-refractivity contribution in [3.8, 4) is 0 Å². The quantitative estimate of drug-likeness (QED) is 0.802. The summed E-state index contributed by atoms with van der Waals surface area (Å²) >= 11 is 0. The summed E-state index contributed by atoms with van der Waals surface area (Å²) in [6.07, 6.45) is 6.65. The number of benzene rings is 1. The Hall–Kier alpha value is -0.790. The van der Waals surface area contributed by atoms with Crippen LogP contribution in [0.15, 0.2) is 29.8 Å². The molecule has 1 aromatic rings. The second-order valence-corrected chi connectivity index (χ2v) is 6.02. The van der Waals surface area contributed by atoms with Crippen LogP contribution in [0.2, 0.25) is 0 Å². The van der Waals surface area contributed by atoms with Crippen molar-refractivity contribution in [1.29, 1.82) is 0 Å². The van der Waals surface area contributed by atoms with Crippen molar-refractivity contribution in [1.82, 2.24) is 4.90 Å². The molecule has 2 aliphatic carbocycles. The van der Waals surface area contributed by atoms with E-state index in [1.807, 2.05) is 0 Å². The van der Waals surface area contributed by atoms with Gasteiger partial charge in [0.15, 0.2) is 0 Å². The fourth-order valence-electron chi connectivity index (χ4n) is 3.57. The number of rotatable bonds is 3. The highest BCUT2D eigenvalue weighted by Crippen LogP contribution is 2.45. The van der Waals surface area contributed by atoms with E-state index < -0.39 is 0 Å². The molecule has 0 bridgehead atoms. The number of hydrogen-bond donors (Lipinski definition) is 0. The molecule has 3 rings (SSSR count). The molecule has 0 radical (unpaired) electrons. The Kier molecular flexibility index (Phi) is 4.70. The van der Waals surface area contributed by atoms with Gasteiger partial charge in [0, 0.05) is 0 Å². The Labute approximate surface area is 123 Å². The van der Waals surface area contributed by atoms with Gasteiger partial charge in [-0.2, -0.15) is 0 Å². The summed E-state index contributed by atoms with van der Waals surface area (Å²) < 4.78 is 0. The van der Waals surface area contributed by atoms with E-state index in [0.29, 0.717) is 0 Å². The Balaban J connectivity index is 0.00000133. The van der Waals surface area contributed by atoms with E-state index in [2.05, 4.69) is 43.3 Å². The molecular weight excluding hydrogens is 254 g/mol. The van der Waals surface area contributed by atoms with Crippen molar-refractivity contribution in [3.63, 3.8) is 0 Å². The maximum atomic E-state index is 2.33. The molecule has 2 heteroatoms. The molecule has 0 spiro atoms. The summed E-state index contributed by atoms with van der Waals surface area (Å²) in [5.74, 6) is 0.837. The second-order valence-electron chi connectivity index (χ2n) is 6.02. The molecule has 1 aromatic carbocycles. The molecule has 0 saturated carbocycles. The summed E-state index contributed by atoms with van der Waals surface area (Å²) in [4.78, 5) is 2.32. The minimum Gasteiger partial charge on any atom is -0.309 e. The van der Waals surface area contributed by atoms with Crippen LogP contribution in [-0.2, 0) is 6.42 Å². The van der Waals surface area contributed by atoms with Gasteiger partial charge in [-0.05, 0) is 75.4 Å². The van der Waals surface area contributed by atoms with E-state index in [4.69, 9.17) is 0 Å². The van der Waals surface area contributed by atoms with Gasteiger partial charge in [0.2, 0.25) is 0 Å². The SMILES string of the molecule is CN(C)CCC1CCCC2=C1Cc1ccccc12.Cl. The minimum absolute atomic E-state index is 0. The van der Waals surface area contributed by atoms with Gasteiger partial charge < -0.3 is 4.90 Å². The zero-order valence-electron chi connectivity index (χ0n) is 12.0. The highest BCUT2D eigenvalue weighted by molar-refractivity contribution is 5.85. The molecule has 1 atom stereocenters. The van der Waals surface area contributed by atoms with Gasteiger partial charge >= 0.3 is 0 Å². The fraction of sp³-hybridized carbons (Fsp3) is 0.529. The van der Waals surface area contributed by atoms with Gasteiger partial charge in [0.05, 0.1) is 0 Å². The maximum Gasteiger partial charge on any atom is -0.00191 e. The number of fused-ring (bicyclic) bond motifs is 2. The van der Waals surface area contributed by atoms with Crippen LogP contribution in [0.4, 0.5) is 0 Å². The lowest BCUT2D eigenvalue weighted by Crippen LogP contribution is -2.19. The standard InChI is InChI=1S/C17H23N.ClH/c1-18(2)11-10-13-7-5-9-16-15-8-4-3-6-14(15)12-17(13)16;/h3-4,6,8,13H,5,7,9-12H2,1-2H3;1H. The molecule has 0 heterocycles. The van der Waals surface area contributed by atoms with Crippen LogP contribution >= 0.6 is 12.4 Å². The Morgan fingerprint density at radius 3 is 2.79 bits per heavy atom. The third-order valence-electron chi connectivity index (χ3n) is 4.51. The summed E-state index contributed by atoms with van der Waals surface area (Å²) in [7, 11) is 4.36. The lowest BCUT2D eigenvalue weighted by atomic mass is 9.81. The summed E-state index contributed by atoms with van der Waals surface area (Å²) in [5.41, 5.74) is 6.59. The first-order valence-electron chi connectivity index (χ1n) is 7.20. The lowest BCUT2D eigenvalue weighted by molar-refractivity contribution is 0.352. The first-order valence-corrected chi connectivity index (χ1v) is 7.20. The smallest absolute Gasteiger partial charge is 0.00191 e. The van der Waals surface area contributed by atoms with E-state index >= 15 is 0 Å². The topological polar surface area (TPSA) is 3.24 Å². The number of halogens is 1. The van der Waals surface area contributed by atoms with Crippen LogP contribution in [0, 0.1) is 5.92 Å². The Morgan fingerprint density at radius 1 is 1.21 bits per heavy atom. The third kappa shape index (κ3) is 2.88. The molecule has 1 unspecified atom stereocenters. The zero-order chi connectivity index (χ0) is 12.5. The van der Waals surface area contributed by atoms with Crippen LogP contribution in [0.1, 0.15) is 36.8 Å². The molecule has 0 saturated heterocycles. The van der Waals surface area contributed by atoms with Crippen molar-refractivity contribution in [2.24, 2.45) is 5.92 Å². The molecule has 0 fully saturated rings. The molecule has 0 aromatic heterocycles. The number of nitrogens with zero attached hydrogens (tertiary/aromatic N) is 1. The van der Waals surface area contributed by atoms with Crippen molar-refractivity contribution >= 4 is 18.0 Å². The predicted octanol–water partition coefficient (Wildman–Crippen LogP) is 4.17. The monoisotopic (exact) mass is 277 g/mol. The van der Waals surface area contributed by atoms with Gasteiger partial charge in [-0.25, -0.2) is 0 Å². The lowest BCUT2D eigenvalue weighted by Gasteiger charge is -2.26. The Morgan fingerprint density at radius 2 is 2.00 bits per heavy atom. The summed E-state index contributed by atoms with van der Waals surface area (Å²) in [6.45, 7) is 1.22. The van der Waals surface area contributed by atoms with Crippen LogP contribution in [0.5, 0.6) is 0 Å². The maximum absolute atomic E-state index is 2.33. The first kappa shape index (κ1) is 14.6. The second kappa shape index (κ2) is 6.11. The van der Waals surface area contributed by atoms with E-state index in [9.17, 15) is 0 Å². The normalized spacial score (nSPS) is 21.1. The fourth-order valence-corrected chi connectivity index (χ4v) is 3.57. The van der Waals surface area contributed by atoms with Crippen LogP contribution < -0.4 is 0 Å². The van der Waals surface area contributed by atoms with E-state index in [1.54, 1.807) is 22.3 Å². The number of hydrogen-bond acceptors (Lipinski definition) is 1. The van der Waals surface area contributed by atoms with E-state index in [-0.39, 0.29) is 12.4 Å². The van der Waals surface area contributed by atoms with Crippen LogP contribution in [0.3, 0.4) is 0 Å². The molecule has 2 aliphatic rings. The molecule has 0 amide bonds. The zero-order valence-corrected chi connectivity index (χ0v) is 12.8. The van der Waals surface area contributed by atoms with Crippen molar-refractivity contribution in [2.75, 3.05) is 20.6 Å². The van der Waals surface area contributed by atoms with Crippen molar-refractivity contribution < 1.29 is 0 Å². The molecule has 0 N–H and O–H groups in total. The molecule has 1 nitrogen and oxygen atoms in total. The number of allylic oxidation sites excluding steroid dienone is 2. The molecule has 19 heavy (non-hydrogen) atoms. The van der Waals surface area contributed by atoms with E-state index in [0.717, 1.165) is 5.92 Å². The van der Waals surface area contributed by atoms with Crippen LogP contribution in [0.25, 0.3) is 5.57 Å². The minimum atomic E-state index is 0. The first-order chi connectivity index (χ1) is 8.75. The molecular formula is C17H24ClN. The molecule has 104 valence electrons. The largest absolute Gasteiger partial charge is 0.309 e. The van der Waals surface area contributed by atoms with Crippen molar-refractivity contribution in [3.05, 3.63) is 41.0 Å². The third-order valence-corrected chi connectivity index (χ3v) is 4.51. The van der Waals surface area contributed by atoms with Crippen molar-refractivity contribution in [2.45, 2.75) is 32.1 Å². The van der Waals surface area contributed by atoms with Gasteiger partial charge in [-0.15, -0.1) is 12.4 Å². The predicted molar refractivity (Wildman–Crippen MR) is 84.8 cm³/mol. The highest BCUT2D eigenvalue weighted by Gasteiger charge is 2.29. The van der Waals surface area contributed by atoms with Gasteiger partial charge in [0.25, 0.3) is 0 Å². The van der Waals surface area contributed by atoms with Gasteiger partial charge in [0.1, 0.15) is 0 Å².